The lowest BCUT2D eigenvalue weighted by atomic mass is 9.79. The summed E-state index contributed by atoms with van der Waals surface area (Å²) in [5, 5.41) is 12.7. The first kappa shape index (κ1) is 47.8. The van der Waals surface area contributed by atoms with Gasteiger partial charge in [-0.05, 0) is 81.5 Å². The van der Waals surface area contributed by atoms with Crippen LogP contribution in [-0.4, -0.2) is 127 Å². The zero-order chi connectivity index (χ0) is 42.2. The Morgan fingerprint density at radius 3 is 1.77 bits per heavy atom. The molecule has 3 aromatic carbocycles. The maximum atomic E-state index is 14.3. The molecular formula is C45H70N5O6P+2. The van der Waals surface area contributed by atoms with Crippen molar-refractivity contribution in [2.45, 2.75) is 83.2 Å². The van der Waals surface area contributed by atoms with Crippen molar-refractivity contribution < 1.29 is 37.0 Å². The number of rotatable bonds is 25. The summed E-state index contributed by atoms with van der Waals surface area (Å²) in [5.41, 5.74) is 1.49. The van der Waals surface area contributed by atoms with Crippen molar-refractivity contribution in [3.63, 3.8) is 0 Å². The minimum Gasteiger partial charge on any atom is -0.497 e. The number of hydrogen-bond donors (Lipinski definition) is 1. The van der Waals surface area contributed by atoms with Crippen LogP contribution in [-0.2, 0) is 24.2 Å². The molecule has 0 aliphatic rings. The summed E-state index contributed by atoms with van der Waals surface area (Å²) in [6, 6.07) is 28.1. The fourth-order valence-electron chi connectivity index (χ4n) is 7.00. The van der Waals surface area contributed by atoms with Gasteiger partial charge in [0.1, 0.15) is 23.2 Å². The van der Waals surface area contributed by atoms with Crippen LogP contribution in [0.15, 0.2) is 78.9 Å². The van der Waals surface area contributed by atoms with Crippen LogP contribution in [0.2, 0.25) is 0 Å². The van der Waals surface area contributed by atoms with Crippen molar-refractivity contribution in [3.8, 4) is 17.6 Å². The fraction of sp³-hybridized carbons (Fsp3) is 0.556. The molecule has 0 fully saturated rings. The molecule has 0 saturated carbocycles. The number of likely N-dealkylation sites (N-methyl/N-ethyl adjacent to an activating group) is 1. The van der Waals surface area contributed by atoms with Crippen molar-refractivity contribution in [1.82, 2.24) is 9.99 Å². The molecule has 12 heteroatoms. The maximum absolute atomic E-state index is 14.3. The normalized spacial score (nSPS) is 14.0. The van der Waals surface area contributed by atoms with Gasteiger partial charge in [0.25, 0.3) is 14.4 Å². The zero-order valence-electron chi connectivity index (χ0n) is 36.7. The monoisotopic (exact) mass is 808 g/mol. The highest BCUT2D eigenvalue weighted by Crippen LogP contribution is 2.47. The summed E-state index contributed by atoms with van der Waals surface area (Å²) >= 11 is 0. The van der Waals surface area contributed by atoms with Crippen LogP contribution in [0.4, 0.5) is 0 Å². The maximum Gasteiger partial charge on any atom is 0.278 e. The zero-order valence-corrected chi connectivity index (χ0v) is 37.6. The highest BCUT2D eigenvalue weighted by atomic mass is 31.2. The Hall–Kier alpha value is -3.59. The molecule has 0 bridgehead atoms. The molecule has 0 aliphatic heterocycles. The van der Waals surface area contributed by atoms with Crippen LogP contribution in [0.5, 0.6) is 11.5 Å². The molecule has 3 atom stereocenters. The van der Waals surface area contributed by atoms with E-state index < -0.39 is 20.2 Å². The Kier molecular flexibility index (Phi) is 18.9. The number of carbonyl (C=O) groups is 1. The second kappa shape index (κ2) is 22.5. The summed E-state index contributed by atoms with van der Waals surface area (Å²) in [7, 11) is 14.5. The number of benzene rings is 3. The Morgan fingerprint density at radius 1 is 0.789 bits per heavy atom. The van der Waals surface area contributed by atoms with Crippen molar-refractivity contribution >= 4 is 14.4 Å². The van der Waals surface area contributed by atoms with Gasteiger partial charge in [-0.15, -0.1) is 0 Å². The third-order valence-electron chi connectivity index (χ3n) is 9.85. The van der Waals surface area contributed by atoms with Gasteiger partial charge < -0.3 is 37.5 Å². The number of methoxy groups -OCH3 is 2. The predicted octanol–water partition coefficient (Wildman–Crippen LogP) is 7.74. The van der Waals surface area contributed by atoms with Crippen molar-refractivity contribution in [3.05, 3.63) is 95.6 Å². The van der Waals surface area contributed by atoms with E-state index in [0.29, 0.717) is 4.48 Å². The van der Waals surface area contributed by atoms with Crippen molar-refractivity contribution in [1.29, 1.82) is 5.26 Å². The topological polar surface area (TPSA) is 102 Å². The lowest BCUT2D eigenvalue weighted by Gasteiger charge is -2.40. The van der Waals surface area contributed by atoms with Crippen molar-refractivity contribution in [2.75, 3.05) is 82.8 Å². The van der Waals surface area contributed by atoms with Crippen LogP contribution in [0.3, 0.4) is 0 Å². The molecule has 314 valence electrons. The molecule has 1 amide bonds. The Balaban J connectivity index is 2.16. The first-order valence-electron chi connectivity index (χ1n) is 20.1. The van der Waals surface area contributed by atoms with E-state index in [1.165, 1.54) is 0 Å². The standard InChI is InChI=1S/C45H69N5O6P/c1-35(2)48(36(3)4)57(54-32-18-30-46)55-34-42(33-47-44(51)43(50(8,9)10)21-16-17-31-49(5,6)7)56-45(37-19-14-13-15-20-37,38-22-26-40(52-11)27-23-38)39-24-28-41(53-12)29-25-39/h13-15,19-20,22-29,35-36,42-43H,16-18,21,31-34H2,1-12H3/q+1/p+1. The largest absolute Gasteiger partial charge is 0.497 e. The predicted molar refractivity (Wildman–Crippen MR) is 230 cm³/mol. The van der Waals surface area contributed by atoms with E-state index in [0.717, 1.165) is 58.5 Å². The fourth-order valence-corrected chi connectivity index (χ4v) is 8.64. The summed E-state index contributed by atoms with van der Waals surface area (Å²) < 4.78 is 35.3. The Labute approximate surface area is 344 Å². The van der Waals surface area contributed by atoms with E-state index in [4.69, 9.17) is 23.3 Å². The molecule has 0 radical (unpaired) electrons. The molecule has 0 saturated heterocycles. The van der Waals surface area contributed by atoms with Gasteiger partial charge in [-0.2, -0.15) is 5.26 Å². The van der Waals surface area contributed by atoms with Gasteiger partial charge in [-0.25, -0.2) is 4.67 Å². The average Bonchev–Trinajstić information content (AvgIpc) is 3.16. The molecule has 3 aromatic rings. The van der Waals surface area contributed by atoms with Crippen LogP contribution in [0, 0.1) is 11.3 Å². The van der Waals surface area contributed by atoms with Gasteiger partial charge >= 0.3 is 0 Å². The average molecular weight is 808 g/mol. The second-order valence-electron chi connectivity index (χ2n) is 17.0. The SMILES string of the molecule is COc1ccc(C(OC(CNC(=O)C(CCCC[N+](C)(C)C)[N+](C)(C)C)COP(OCCC#N)N(C(C)C)C(C)C)(c2ccccc2)c2ccc(OC)cc2)cc1. The number of unbranched alkanes of at least 4 members (excludes halogenated alkanes) is 1. The highest BCUT2D eigenvalue weighted by molar-refractivity contribution is 7.44. The molecular weight excluding hydrogens is 737 g/mol. The number of amides is 1. The van der Waals surface area contributed by atoms with Crippen molar-refractivity contribution in [2.24, 2.45) is 0 Å². The first-order valence-corrected chi connectivity index (χ1v) is 21.2. The number of quaternary nitrogens is 2. The van der Waals surface area contributed by atoms with Gasteiger partial charge in [0, 0.05) is 25.0 Å². The van der Waals surface area contributed by atoms with E-state index in [9.17, 15) is 10.1 Å². The number of hydrogen-bond acceptors (Lipinski definition) is 8. The van der Waals surface area contributed by atoms with Gasteiger partial charge in [-0.1, -0.05) is 54.6 Å². The third kappa shape index (κ3) is 14.3. The van der Waals surface area contributed by atoms with Crippen LogP contribution < -0.4 is 14.8 Å². The Bertz CT molecular complexity index is 1600. The minimum atomic E-state index is -1.59. The van der Waals surface area contributed by atoms with E-state index in [1.54, 1.807) is 14.2 Å². The van der Waals surface area contributed by atoms with E-state index in [2.05, 4.69) is 98.2 Å². The van der Waals surface area contributed by atoms with E-state index in [1.807, 2.05) is 66.7 Å². The summed E-state index contributed by atoms with van der Waals surface area (Å²) in [4.78, 5) is 14.3. The quantitative estimate of drug-likeness (QED) is 0.0402. The lowest BCUT2D eigenvalue weighted by Crippen LogP contribution is -2.55. The Morgan fingerprint density at radius 2 is 1.32 bits per heavy atom. The second-order valence-corrected chi connectivity index (χ2v) is 18.4. The molecule has 0 aliphatic carbocycles. The lowest BCUT2D eigenvalue weighted by molar-refractivity contribution is -0.887. The molecule has 0 aromatic heterocycles. The molecule has 0 spiro atoms. The molecule has 57 heavy (non-hydrogen) atoms. The third-order valence-corrected chi connectivity index (χ3v) is 11.9. The number of ether oxygens (including phenoxy) is 3. The number of nitriles is 1. The van der Waals surface area contributed by atoms with E-state index in [-0.39, 0.29) is 50.2 Å². The number of nitrogens with one attached hydrogen (secondary N) is 1. The summed E-state index contributed by atoms with van der Waals surface area (Å²) in [5.74, 6) is 1.41. The molecule has 1 N–H and O–H groups in total. The minimum absolute atomic E-state index is 0.0286. The van der Waals surface area contributed by atoms with Gasteiger partial charge in [0.15, 0.2) is 6.04 Å². The van der Waals surface area contributed by atoms with Crippen LogP contribution in [0.25, 0.3) is 0 Å². The van der Waals surface area contributed by atoms with Crippen LogP contribution in [0.1, 0.15) is 70.1 Å². The van der Waals surface area contributed by atoms with Crippen LogP contribution >= 0.6 is 8.53 Å². The smallest absolute Gasteiger partial charge is 0.278 e. The number of carbonyl (C=O) groups excluding carboxylic acids is 1. The molecule has 3 rings (SSSR count). The van der Waals surface area contributed by atoms with Gasteiger partial charge in [0.05, 0.1) is 88.8 Å². The molecule has 3 unspecified atom stereocenters. The highest BCUT2D eigenvalue weighted by Gasteiger charge is 2.41. The van der Waals surface area contributed by atoms with Gasteiger partial charge in [0.2, 0.25) is 0 Å². The molecule has 11 nitrogen and oxygen atoms in total. The summed E-state index contributed by atoms with van der Waals surface area (Å²) in [6.45, 7) is 10.0. The van der Waals surface area contributed by atoms with Gasteiger partial charge in [-0.3, -0.25) is 4.79 Å². The first-order chi connectivity index (χ1) is 27.0. The van der Waals surface area contributed by atoms with E-state index >= 15 is 0 Å². The molecule has 0 heterocycles. The summed E-state index contributed by atoms with van der Waals surface area (Å²) in [6.07, 6.45) is 2.33. The number of nitrogens with zero attached hydrogens (tertiary/aromatic N) is 4.